The third kappa shape index (κ3) is 3.09. The molecular formula is C21H17Cl2FN2O2. The molecule has 1 aliphatic rings. The summed E-state index contributed by atoms with van der Waals surface area (Å²) in [5.74, 6) is -0.215. The van der Waals surface area contributed by atoms with Crippen LogP contribution in [0.25, 0.3) is 11.3 Å². The number of anilines is 1. The van der Waals surface area contributed by atoms with E-state index in [4.69, 9.17) is 27.7 Å². The second-order valence-electron chi connectivity index (χ2n) is 6.89. The van der Waals surface area contributed by atoms with Gasteiger partial charge in [0.1, 0.15) is 22.8 Å². The van der Waals surface area contributed by atoms with E-state index in [0.717, 1.165) is 12.0 Å². The topological polar surface area (TPSA) is 46.3 Å². The van der Waals surface area contributed by atoms with Gasteiger partial charge in [0.25, 0.3) is 5.91 Å². The van der Waals surface area contributed by atoms with E-state index in [1.54, 1.807) is 36.1 Å². The fourth-order valence-corrected chi connectivity index (χ4v) is 4.25. The molecule has 4 nitrogen and oxygen atoms in total. The second kappa shape index (κ2) is 7.22. The molecule has 144 valence electrons. The highest BCUT2D eigenvalue weighted by Gasteiger charge is 2.34. The smallest absolute Gasteiger partial charge is 0.264 e. The molecule has 0 bridgehead atoms. The van der Waals surface area contributed by atoms with E-state index in [0.29, 0.717) is 44.7 Å². The number of halogens is 3. The van der Waals surface area contributed by atoms with Gasteiger partial charge in [-0.2, -0.15) is 0 Å². The summed E-state index contributed by atoms with van der Waals surface area (Å²) in [5.41, 5.74) is 2.56. The maximum atomic E-state index is 13.7. The molecule has 0 radical (unpaired) electrons. The Morgan fingerprint density at radius 3 is 2.68 bits per heavy atom. The van der Waals surface area contributed by atoms with Gasteiger partial charge >= 0.3 is 0 Å². The van der Waals surface area contributed by atoms with Crippen molar-refractivity contribution in [2.75, 3.05) is 4.90 Å². The summed E-state index contributed by atoms with van der Waals surface area (Å²) in [6.07, 6.45) is 1.44. The van der Waals surface area contributed by atoms with Crippen LogP contribution in [0.15, 0.2) is 40.9 Å². The summed E-state index contributed by atoms with van der Waals surface area (Å²) >= 11 is 12.7. The molecule has 1 atom stereocenters. The summed E-state index contributed by atoms with van der Waals surface area (Å²) in [4.78, 5) is 15.3. The maximum absolute atomic E-state index is 13.7. The number of benzene rings is 2. The van der Waals surface area contributed by atoms with Crippen molar-refractivity contribution < 1.29 is 13.7 Å². The molecule has 2 heterocycles. The summed E-state index contributed by atoms with van der Waals surface area (Å²) < 4.78 is 19.0. The number of carbonyl (C=O) groups excluding carboxylic acids is 1. The SMILES string of the molecule is Cc1onc(-c2c(Cl)cccc2Cl)c1C(=O)N1c2ccc(F)cc2CC[C@@H]1C. The van der Waals surface area contributed by atoms with Crippen LogP contribution in [-0.2, 0) is 6.42 Å². The highest BCUT2D eigenvalue weighted by molar-refractivity contribution is 6.39. The number of rotatable bonds is 2. The minimum absolute atomic E-state index is 0.0608. The number of nitrogens with zero attached hydrogens (tertiary/aromatic N) is 2. The first-order chi connectivity index (χ1) is 13.4. The Kier molecular flexibility index (Phi) is 4.89. The number of carbonyl (C=O) groups is 1. The Bertz CT molecular complexity index is 1060. The second-order valence-corrected chi connectivity index (χ2v) is 7.71. The highest BCUT2D eigenvalue weighted by Crippen LogP contribution is 2.39. The van der Waals surface area contributed by atoms with E-state index in [2.05, 4.69) is 5.16 Å². The Morgan fingerprint density at radius 1 is 1.25 bits per heavy atom. The predicted molar refractivity (Wildman–Crippen MR) is 108 cm³/mol. The van der Waals surface area contributed by atoms with E-state index in [-0.39, 0.29) is 17.8 Å². The number of hydrogen-bond acceptors (Lipinski definition) is 3. The molecule has 0 fully saturated rings. The monoisotopic (exact) mass is 418 g/mol. The van der Waals surface area contributed by atoms with Crippen molar-refractivity contribution in [2.45, 2.75) is 32.7 Å². The predicted octanol–water partition coefficient (Wildman–Crippen LogP) is 6.08. The van der Waals surface area contributed by atoms with E-state index in [9.17, 15) is 9.18 Å². The Balaban J connectivity index is 1.86. The third-order valence-corrected chi connectivity index (χ3v) is 5.70. The normalized spacial score (nSPS) is 16.2. The zero-order valence-corrected chi connectivity index (χ0v) is 16.8. The lowest BCUT2D eigenvalue weighted by molar-refractivity contribution is 0.0974. The van der Waals surface area contributed by atoms with Gasteiger partial charge in [-0.25, -0.2) is 4.39 Å². The highest BCUT2D eigenvalue weighted by atomic mass is 35.5. The molecule has 0 unspecified atom stereocenters. The van der Waals surface area contributed by atoms with Crippen LogP contribution in [0.4, 0.5) is 10.1 Å². The molecule has 7 heteroatoms. The quantitative estimate of drug-likeness (QED) is 0.506. The van der Waals surface area contributed by atoms with Gasteiger partial charge in [0.15, 0.2) is 0 Å². The van der Waals surface area contributed by atoms with Gasteiger partial charge in [-0.15, -0.1) is 0 Å². The fraction of sp³-hybridized carbons (Fsp3) is 0.238. The lowest BCUT2D eigenvalue weighted by Gasteiger charge is -2.35. The summed E-state index contributed by atoms with van der Waals surface area (Å²) in [6, 6.07) is 9.51. The Morgan fingerprint density at radius 2 is 1.96 bits per heavy atom. The van der Waals surface area contributed by atoms with Crippen molar-refractivity contribution in [2.24, 2.45) is 0 Å². The standard InChI is InChI=1S/C21H17Cl2FN2O2/c1-11-6-7-13-10-14(24)8-9-17(13)26(11)21(27)18-12(2)28-25-20(18)19-15(22)4-3-5-16(19)23/h3-5,8-11H,6-7H2,1-2H3/t11-/m0/s1. The van der Waals surface area contributed by atoms with Crippen LogP contribution in [0.3, 0.4) is 0 Å². The molecule has 3 aromatic rings. The van der Waals surface area contributed by atoms with Gasteiger partial charge in [0.2, 0.25) is 0 Å². The average molecular weight is 419 g/mol. The molecule has 0 spiro atoms. The van der Waals surface area contributed by atoms with Crippen LogP contribution in [0.1, 0.15) is 35.0 Å². The Labute approximate surface area is 171 Å². The van der Waals surface area contributed by atoms with Gasteiger partial charge in [-0.1, -0.05) is 34.4 Å². The molecule has 2 aromatic carbocycles. The average Bonchev–Trinajstić information content (AvgIpc) is 3.02. The van der Waals surface area contributed by atoms with E-state index in [1.807, 2.05) is 6.92 Å². The summed E-state index contributed by atoms with van der Waals surface area (Å²) in [6.45, 7) is 3.64. The van der Waals surface area contributed by atoms with Gasteiger partial charge in [-0.05, 0) is 62.6 Å². The summed E-state index contributed by atoms with van der Waals surface area (Å²) in [5, 5.41) is 4.82. The van der Waals surface area contributed by atoms with Crippen LogP contribution in [-0.4, -0.2) is 17.1 Å². The van der Waals surface area contributed by atoms with Gasteiger partial charge < -0.3 is 9.42 Å². The first-order valence-corrected chi connectivity index (χ1v) is 9.66. The zero-order valence-electron chi connectivity index (χ0n) is 15.3. The minimum atomic E-state index is -0.314. The number of hydrogen-bond donors (Lipinski definition) is 0. The number of fused-ring (bicyclic) bond motifs is 1. The molecule has 28 heavy (non-hydrogen) atoms. The van der Waals surface area contributed by atoms with Crippen LogP contribution < -0.4 is 4.90 Å². The molecule has 1 aliphatic heterocycles. The van der Waals surface area contributed by atoms with Crippen LogP contribution in [0.5, 0.6) is 0 Å². The van der Waals surface area contributed by atoms with Crippen molar-refractivity contribution in [3.8, 4) is 11.3 Å². The number of amides is 1. The molecule has 0 N–H and O–H groups in total. The maximum Gasteiger partial charge on any atom is 0.264 e. The van der Waals surface area contributed by atoms with Gasteiger partial charge in [0, 0.05) is 17.3 Å². The largest absolute Gasteiger partial charge is 0.360 e. The lowest BCUT2D eigenvalue weighted by atomic mass is 9.95. The zero-order chi connectivity index (χ0) is 20.0. The van der Waals surface area contributed by atoms with Crippen molar-refractivity contribution in [3.05, 3.63) is 69.1 Å². The van der Waals surface area contributed by atoms with Crippen LogP contribution >= 0.6 is 23.2 Å². The van der Waals surface area contributed by atoms with Crippen molar-refractivity contribution in [1.29, 1.82) is 0 Å². The Hall–Kier alpha value is -2.37. The molecular weight excluding hydrogens is 402 g/mol. The first kappa shape index (κ1) is 19.0. The molecule has 4 rings (SSSR count). The first-order valence-electron chi connectivity index (χ1n) is 8.91. The molecule has 1 amide bonds. The van der Waals surface area contributed by atoms with Crippen molar-refractivity contribution in [1.82, 2.24) is 5.16 Å². The molecule has 0 saturated carbocycles. The number of aromatic nitrogens is 1. The van der Waals surface area contributed by atoms with Crippen LogP contribution in [0.2, 0.25) is 10.0 Å². The number of aryl methyl sites for hydroxylation is 2. The van der Waals surface area contributed by atoms with Crippen LogP contribution in [0, 0.1) is 12.7 Å². The molecule has 0 aliphatic carbocycles. The molecule has 1 aromatic heterocycles. The fourth-order valence-electron chi connectivity index (χ4n) is 3.67. The third-order valence-electron chi connectivity index (χ3n) is 5.07. The molecule has 0 saturated heterocycles. The van der Waals surface area contributed by atoms with E-state index >= 15 is 0 Å². The minimum Gasteiger partial charge on any atom is -0.360 e. The van der Waals surface area contributed by atoms with Gasteiger partial charge in [-0.3, -0.25) is 4.79 Å². The lowest BCUT2D eigenvalue weighted by Crippen LogP contribution is -2.42. The summed E-state index contributed by atoms with van der Waals surface area (Å²) in [7, 11) is 0. The van der Waals surface area contributed by atoms with Crippen molar-refractivity contribution >= 4 is 34.8 Å². The van der Waals surface area contributed by atoms with Gasteiger partial charge in [0.05, 0.1) is 10.0 Å². The van der Waals surface area contributed by atoms with E-state index < -0.39 is 0 Å². The van der Waals surface area contributed by atoms with E-state index in [1.165, 1.54) is 12.1 Å². The van der Waals surface area contributed by atoms with Crippen molar-refractivity contribution in [3.63, 3.8) is 0 Å².